The van der Waals surface area contributed by atoms with Crippen LogP contribution >= 0.6 is 24.8 Å². The molecular formula is C21H29Cl2N3O2. The quantitative estimate of drug-likeness (QED) is 0.746. The highest BCUT2D eigenvalue weighted by atomic mass is 35.5. The molecule has 154 valence electrons. The average molecular weight is 426 g/mol. The molecule has 2 aromatic carbocycles. The highest BCUT2D eigenvalue weighted by molar-refractivity contribution is 5.87. The van der Waals surface area contributed by atoms with Gasteiger partial charge in [0.25, 0.3) is 0 Å². The lowest BCUT2D eigenvalue weighted by Gasteiger charge is -2.26. The Morgan fingerprint density at radius 1 is 1.07 bits per heavy atom. The monoisotopic (exact) mass is 425 g/mol. The lowest BCUT2D eigenvalue weighted by atomic mass is 9.92. The van der Waals surface area contributed by atoms with Crippen LogP contribution in [0.2, 0.25) is 0 Å². The molecule has 1 amide bonds. The van der Waals surface area contributed by atoms with E-state index in [0.717, 1.165) is 44.0 Å². The van der Waals surface area contributed by atoms with Gasteiger partial charge in [-0.3, -0.25) is 9.69 Å². The number of ether oxygens (including phenoxy) is 1. The van der Waals surface area contributed by atoms with E-state index in [1.165, 1.54) is 5.56 Å². The summed E-state index contributed by atoms with van der Waals surface area (Å²) in [7, 11) is 0. The van der Waals surface area contributed by atoms with Gasteiger partial charge in [0, 0.05) is 26.2 Å². The van der Waals surface area contributed by atoms with E-state index >= 15 is 0 Å². The van der Waals surface area contributed by atoms with E-state index in [1.807, 2.05) is 42.5 Å². The standard InChI is InChI=1S/C21H27N3O2.2ClH/c1-21(22,19-8-3-2-4-9-19)20(25)23-15-17-6-5-7-18(14-17)16-24-10-12-26-13-11-24;;/h2-9,14H,10-13,15-16,22H2,1H3,(H,23,25);2*1H. The van der Waals surface area contributed by atoms with Gasteiger partial charge in [-0.25, -0.2) is 0 Å². The fourth-order valence-electron chi connectivity index (χ4n) is 3.14. The fraction of sp³-hybridized carbons (Fsp3) is 0.381. The summed E-state index contributed by atoms with van der Waals surface area (Å²) >= 11 is 0. The van der Waals surface area contributed by atoms with Gasteiger partial charge < -0.3 is 15.8 Å². The Kier molecular flexibility index (Phi) is 9.93. The summed E-state index contributed by atoms with van der Waals surface area (Å²) in [4.78, 5) is 15.0. The van der Waals surface area contributed by atoms with E-state index in [1.54, 1.807) is 6.92 Å². The number of hydrogen-bond acceptors (Lipinski definition) is 4. The molecule has 7 heteroatoms. The smallest absolute Gasteiger partial charge is 0.244 e. The van der Waals surface area contributed by atoms with E-state index in [0.29, 0.717) is 6.54 Å². The number of benzene rings is 2. The van der Waals surface area contributed by atoms with Crippen molar-refractivity contribution in [2.75, 3.05) is 26.3 Å². The number of halogens is 2. The van der Waals surface area contributed by atoms with Crippen molar-refractivity contribution >= 4 is 30.7 Å². The lowest BCUT2D eigenvalue weighted by Crippen LogP contribution is -2.48. The van der Waals surface area contributed by atoms with Crippen molar-refractivity contribution in [1.29, 1.82) is 0 Å². The van der Waals surface area contributed by atoms with Crippen LogP contribution in [0.3, 0.4) is 0 Å². The molecular weight excluding hydrogens is 397 g/mol. The second-order valence-corrected chi connectivity index (χ2v) is 6.96. The number of nitrogens with one attached hydrogen (secondary N) is 1. The van der Waals surface area contributed by atoms with Gasteiger partial charge in [-0.2, -0.15) is 0 Å². The molecule has 1 aliphatic heterocycles. The SMILES string of the molecule is CC(N)(C(=O)NCc1cccc(CN2CCOCC2)c1)c1ccccc1.Cl.Cl. The highest BCUT2D eigenvalue weighted by Crippen LogP contribution is 2.18. The predicted molar refractivity (Wildman–Crippen MR) is 117 cm³/mol. The molecule has 0 radical (unpaired) electrons. The third-order valence-electron chi connectivity index (χ3n) is 4.80. The predicted octanol–water partition coefficient (Wildman–Crippen LogP) is 2.85. The fourth-order valence-corrected chi connectivity index (χ4v) is 3.14. The summed E-state index contributed by atoms with van der Waals surface area (Å²) in [6.07, 6.45) is 0. The van der Waals surface area contributed by atoms with Gasteiger partial charge in [0.15, 0.2) is 0 Å². The van der Waals surface area contributed by atoms with Crippen molar-refractivity contribution < 1.29 is 9.53 Å². The van der Waals surface area contributed by atoms with Crippen LogP contribution in [0.5, 0.6) is 0 Å². The molecule has 0 bridgehead atoms. The Morgan fingerprint density at radius 3 is 2.39 bits per heavy atom. The highest BCUT2D eigenvalue weighted by Gasteiger charge is 2.29. The van der Waals surface area contributed by atoms with E-state index in [4.69, 9.17) is 10.5 Å². The zero-order valence-corrected chi connectivity index (χ0v) is 17.7. The summed E-state index contributed by atoms with van der Waals surface area (Å²) in [5.74, 6) is -0.178. The maximum atomic E-state index is 12.6. The maximum absolute atomic E-state index is 12.6. The summed E-state index contributed by atoms with van der Waals surface area (Å²) in [6.45, 7) is 6.63. The van der Waals surface area contributed by atoms with Gasteiger partial charge >= 0.3 is 0 Å². The number of rotatable bonds is 6. The van der Waals surface area contributed by atoms with E-state index in [-0.39, 0.29) is 30.7 Å². The number of carbonyl (C=O) groups is 1. The third-order valence-corrected chi connectivity index (χ3v) is 4.80. The van der Waals surface area contributed by atoms with Gasteiger partial charge in [0.1, 0.15) is 5.54 Å². The van der Waals surface area contributed by atoms with Gasteiger partial charge in [-0.1, -0.05) is 54.6 Å². The zero-order chi connectivity index (χ0) is 18.4. The normalized spacial score (nSPS) is 16.2. The Bertz CT molecular complexity index is 735. The molecule has 2 aromatic rings. The maximum Gasteiger partial charge on any atom is 0.244 e. The topological polar surface area (TPSA) is 67.6 Å². The van der Waals surface area contributed by atoms with Crippen LogP contribution in [0.15, 0.2) is 54.6 Å². The molecule has 1 aliphatic rings. The second kappa shape index (κ2) is 11.4. The van der Waals surface area contributed by atoms with Gasteiger partial charge in [0.05, 0.1) is 13.2 Å². The number of carbonyl (C=O) groups excluding carboxylic acids is 1. The van der Waals surface area contributed by atoms with Crippen molar-refractivity contribution in [2.24, 2.45) is 5.73 Å². The van der Waals surface area contributed by atoms with Gasteiger partial charge in [0.2, 0.25) is 5.91 Å². The first-order valence-corrected chi connectivity index (χ1v) is 9.06. The first-order valence-electron chi connectivity index (χ1n) is 9.06. The molecule has 0 spiro atoms. The number of amides is 1. The van der Waals surface area contributed by atoms with Crippen LogP contribution in [-0.4, -0.2) is 37.1 Å². The van der Waals surface area contributed by atoms with Gasteiger partial charge in [-0.15, -0.1) is 24.8 Å². The third kappa shape index (κ3) is 6.47. The minimum atomic E-state index is -1.05. The molecule has 28 heavy (non-hydrogen) atoms. The Morgan fingerprint density at radius 2 is 1.71 bits per heavy atom. The van der Waals surface area contributed by atoms with Crippen molar-refractivity contribution in [3.05, 3.63) is 71.3 Å². The molecule has 3 rings (SSSR count). The lowest BCUT2D eigenvalue weighted by molar-refractivity contribution is -0.126. The summed E-state index contributed by atoms with van der Waals surface area (Å²) in [6, 6.07) is 17.8. The molecule has 1 saturated heterocycles. The first kappa shape index (κ1) is 24.4. The number of hydrogen-bond donors (Lipinski definition) is 2. The number of morpholine rings is 1. The van der Waals surface area contributed by atoms with Crippen LogP contribution < -0.4 is 11.1 Å². The second-order valence-electron chi connectivity index (χ2n) is 6.96. The summed E-state index contributed by atoms with van der Waals surface area (Å²) in [5, 5.41) is 2.97. The molecule has 5 nitrogen and oxygen atoms in total. The Labute approximate surface area is 179 Å². The number of nitrogens with two attached hydrogens (primary N) is 1. The largest absolute Gasteiger partial charge is 0.379 e. The molecule has 3 N–H and O–H groups in total. The Balaban J connectivity index is 0.00000196. The van der Waals surface area contributed by atoms with Crippen molar-refractivity contribution in [1.82, 2.24) is 10.2 Å². The van der Waals surface area contributed by atoms with Crippen molar-refractivity contribution in [2.45, 2.75) is 25.6 Å². The minimum absolute atomic E-state index is 0. The van der Waals surface area contributed by atoms with E-state index in [2.05, 4.69) is 22.3 Å². The van der Waals surface area contributed by atoms with Crippen molar-refractivity contribution in [3.63, 3.8) is 0 Å². The van der Waals surface area contributed by atoms with Gasteiger partial charge in [-0.05, 0) is 23.6 Å². The molecule has 0 saturated carbocycles. The molecule has 1 unspecified atom stereocenters. The summed E-state index contributed by atoms with van der Waals surface area (Å²) in [5.41, 5.74) is 8.35. The van der Waals surface area contributed by atoms with E-state index < -0.39 is 5.54 Å². The molecule has 1 fully saturated rings. The van der Waals surface area contributed by atoms with E-state index in [9.17, 15) is 4.79 Å². The van der Waals surface area contributed by atoms with Crippen LogP contribution in [0.4, 0.5) is 0 Å². The van der Waals surface area contributed by atoms with Crippen LogP contribution in [0.1, 0.15) is 23.6 Å². The average Bonchev–Trinajstić information content (AvgIpc) is 2.68. The molecule has 0 aromatic heterocycles. The zero-order valence-electron chi connectivity index (χ0n) is 16.1. The van der Waals surface area contributed by atoms with Crippen LogP contribution in [-0.2, 0) is 28.2 Å². The molecule has 1 heterocycles. The minimum Gasteiger partial charge on any atom is -0.379 e. The van der Waals surface area contributed by atoms with Crippen LogP contribution in [0.25, 0.3) is 0 Å². The Hall–Kier alpha value is -1.63. The molecule has 0 aliphatic carbocycles. The van der Waals surface area contributed by atoms with Crippen molar-refractivity contribution in [3.8, 4) is 0 Å². The first-order chi connectivity index (χ1) is 12.6. The summed E-state index contributed by atoms with van der Waals surface area (Å²) < 4.78 is 5.39. The van der Waals surface area contributed by atoms with Crippen LogP contribution in [0, 0.1) is 0 Å². The number of nitrogens with zero attached hydrogens (tertiary/aromatic N) is 1. The molecule has 1 atom stereocenters.